The van der Waals surface area contributed by atoms with Crippen molar-refractivity contribution in [1.29, 1.82) is 0 Å². The Hall–Kier alpha value is -3.22. The van der Waals surface area contributed by atoms with E-state index in [1.165, 1.54) is 12.1 Å². The summed E-state index contributed by atoms with van der Waals surface area (Å²) in [6.45, 7) is 5.32. The molecule has 0 unspecified atom stereocenters. The summed E-state index contributed by atoms with van der Waals surface area (Å²) in [7, 11) is 0. The maximum absolute atomic E-state index is 13.1. The van der Waals surface area contributed by atoms with Gasteiger partial charge in [-0.25, -0.2) is 4.79 Å². The second-order valence-corrected chi connectivity index (χ2v) is 8.20. The first-order chi connectivity index (χ1) is 15.8. The molecule has 0 aliphatic carbocycles. The number of anilines is 1. The largest absolute Gasteiger partial charge is 0.416 e. The summed E-state index contributed by atoms with van der Waals surface area (Å²) >= 11 is 0. The zero-order chi connectivity index (χ0) is 23.8. The highest BCUT2D eigenvalue weighted by Gasteiger charge is 2.30. The van der Waals surface area contributed by atoms with Gasteiger partial charge < -0.3 is 14.8 Å². The van der Waals surface area contributed by atoms with Crippen LogP contribution in [-0.4, -0.2) is 22.0 Å². The normalized spacial score (nSPS) is 11.4. The number of aryl methyl sites for hydroxylation is 1. The number of para-hydroxylation sites is 1. The van der Waals surface area contributed by atoms with Gasteiger partial charge in [0.25, 0.3) is 0 Å². The van der Waals surface area contributed by atoms with Gasteiger partial charge in [-0.05, 0) is 54.8 Å². The summed E-state index contributed by atoms with van der Waals surface area (Å²) in [5.41, 5.74) is 2.51. The molecule has 0 bridgehead atoms. The molecule has 1 heterocycles. The lowest BCUT2D eigenvalue weighted by Gasteiger charge is -2.24. The number of hydrogen-bond donors (Lipinski definition) is 1. The highest BCUT2D eigenvalue weighted by molar-refractivity contribution is 5.90. The number of nitrogens with one attached hydrogen (secondary N) is 1. The fourth-order valence-corrected chi connectivity index (χ4v) is 3.70. The minimum absolute atomic E-state index is 0.188. The summed E-state index contributed by atoms with van der Waals surface area (Å²) in [6.07, 6.45) is 0.392. The highest BCUT2D eigenvalue weighted by atomic mass is 19.4. The molecule has 0 aliphatic heterocycles. The van der Waals surface area contributed by atoms with E-state index < -0.39 is 11.7 Å². The summed E-state index contributed by atoms with van der Waals surface area (Å²) in [6, 6.07) is 16.5. The van der Waals surface area contributed by atoms with Gasteiger partial charge in [0.1, 0.15) is 0 Å². The third kappa shape index (κ3) is 6.88. The summed E-state index contributed by atoms with van der Waals surface area (Å²) in [5, 5.41) is 3.00. The average Bonchev–Trinajstić information content (AvgIpc) is 3.21. The van der Waals surface area contributed by atoms with Crippen molar-refractivity contribution in [3.05, 3.63) is 89.2 Å². The molecular formula is C26H30F3N3O. The molecule has 2 amide bonds. The van der Waals surface area contributed by atoms with Crippen molar-refractivity contribution in [1.82, 2.24) is 9.47 Å². The Kier molecular flexibility index (Phi) is 8.20. The highest BCUT2D eigenvalue weighted by Crippen LogP contribution is 2.29. The summed E-state index contributed by atoms with van der Waals surface area (Å²) in [5.74, 6) is 0. The first-order valence-electron chi connectivity index (χ1n) is 11.2. The first-order valence-corrected chi connectivity index (χ1v) is 11.2. The lowest BCUT2D eigenvalue weighted by molar-refractivity contribution is -0.137. The van der Waals surface area contributed by atoms with Crippen molar-refractivity contribution < 1.29 is 18.0 Å². The Morgan fingerprint density at radius 2 is 1.82 bits per heavy atom. The van der Waals surface area contributed by atoms with Crippen molar-refractivity contribution in [3.63, 3.8) is 0 Å². The number of carbonyl (C=O) groups is 1. The Balaban J connectivity index is 1.76. The van der Waals surface area contributed by atoms with E-state index in [1.807, 2.05) is 54.1 Å². The molecule has 0 saturated carbocycles. The Morgan fingerprint density at radius 1 is 1.03 bits per heavy atom. The van der Waals surface area contributed by atoms with Gasteiger partial charge in [-0.2, -0.15) is 13.2 Å². The van der Waals surface area contributed by atoms with E-state index in [2.05, 4.69) is 12.2 Å². The number of nitrogens with zero attached hydrogens (tertiary/aromatic N) is 2. The standard InChI is InChI=1S/C26H30F3N3O/c1-3-4-7-15-32(25(33)30-24-14-6-5-10-20(24)2)19-23-13-9-16-31(23)18-21-11-8-12-22(17-21)26(27,28)29/h5-6,8-14,16-17H,3-4,7,15,18-19H2,1-2H3,(H,30,33). The van der Waals surface area contributed by atoms with Crippen LogP contribution >= 0.6 is 0 Å². The molecule has 0 fully saturated rings. The van der Waals surface area contributed by atoms with Crippen LogP contribution in [0.2, 0.25) is 0 Å². The molecule has 0 saturated heterocycles. The van der Waals surface area contributed by atoms with E-state index in [4.69, 9.17) is 0 Å². The fraction of sp³-hybridized carbons (Fsp3) is 0.346. The quantitative estimate of drug-likeness (QED) is 0.342. The van der Waals surface area contributed by atoms with E-state index >= 15 is 0 Å². The fourth-order valence-electron chi connectivity index (χ4n) is 3.70. The van der Waals surface area contributed by atoms with E-state index in [0.717, 1.165) is 42.3 Å². The van der Waals surface area contributed by atoms with Crippen LogP contribution in [0.1, 0.15) is 48.6 Å². The number of alkyl halides is 3. The molecule has 1 N–H and O–H groups in total. The SMILES string of the molecule is CCCCCN(Cc1cccn1Cc1cccc(C(F)(F)F)c1)C(=O)Nc1ccccc1C. The maximum atomic E-state index is 13.1. The van der Waals surface area contributed by atoms with Gasteiger partial charge in [-0.3, -0.25) is 0 Å². The number of unbranched alkanes of at least 4 members (excludes halogenated alkanes) is 2. The first kappa shape index (κ1) is 24.4. The van der Waals surface area contributed by atoms with Crippen molar-refractivity contribution >= 4 is 11.7 Å². The predicted octanol–water partition coefficient (Wildman–Crippen LogP) is 7.09. The van der Waals surface area contributed by atoms with Gasteiger partial charge in [0, 0.05) is 30.7 Å². The molecule has 0 aliphatic rings. The molecule has 3 rings (SSSR count). The average molecular weight is 458 g/mol. The van der Waals surface area contributed by atoms with Crippen molar-refractivity contribution in [2.75, 3.05) is 11.9 Å². The third-order valence-corrected chi connectivity index (χ3v) is 5.59. The smallest absolute Gasteiger partial charge is 0.345 e. The number of aromatic nitrogens is 1. The Labute approximate surface area is 193 Å². The molecule has 176 valence electrons. The second kappa shape index (κ2) is 11.1. The molecule has 0 radical (unpaired) electrons. The molecule has 0 spiro atoms. The van der Waals surface area contributed by atoms with Crippen LogP contribution in [0.5, 0.6) is 0 Å². The van der Waals surface area contributed by atoms with Crippen LogP contribution in [0.15, 0.2) is 66.9 Å². The van der Waals surface area contributed by atoms with Gasteiger partial charge in [0.15, 0.2) is 0 Å². The molecule has 3 aromatic rings. The monoisotopic (exact) mass is 457 g/mol. The molecular weight excluding hydrogens is 427 g/mol. The van der Waals surface area contributed by atoms with Crippen LogP contribution < -0.4 is 5.32 Å². The molecule has 2 aromatic carbocycles. The topological polar surface area (TPSA) is 37.3 Å². The van der Waals surface area contributed by atoms with Crippen LogP contribution in [0.3, 0.4) is 0 Å². The van der Waals surface area contributed by atoms with E-state index in [9.17, 15) is 18.0 Å². The number of amides is 2. The van der Waals surface area contributed by atoms with E-state index in [0.29, 0.717) is 25.2 Å². The van der Waals surface area contributed by atoms with Crippen molar-refractivity contribution in [3.8, 4) is 0 Å². The molecule has 33 heavy (non-hydrogen) atoms. The minimum atomic E-state index is -4.38. The lowest BCUT2D eigenvalue weighted by atomic mass is 10.1. The van der Waals surface area contributed by atoms with Crippen molar-refractivity contribution in [2.45, 2.75) is 52.4 Å². The van der Waals surface area contributed by atoms with Crippen LogP contribution in [0, 0.1) is 6.92 Å². The number of carbonyl (C=O) groups excluding carboxylic acids is 1. The zero-order valence-corrected chi connectivity index (χ0v) is 19.0. The van der Waals surface area contributed by atoms with Gasteiger partial charge >= 0.3 is 12.2 Å². The number of rotatable bonds is 9. The number of benzene rings is 2. The van der Waals surface area contributed by atoms with E-state index in [1.54, 1.807) is 11.0 Å². The predicted molar refractivity (Wildman–Crippen MR) is 125 cm³/mol. The maximum Gasteiger partial charge on any atom is 0.416 e. The summed E-state index contributed by atoms with van der Waals surface area (Å²) in [4.78, 5) is 14.9. The Bertz CT molecular complexity index is 1060. The third-order valence-electron chi connectivity index (χ3n) is 5.59. The molecule has 4 nitrogen and oxygen atoms in total. The van der Waals surface area contributed by atoms with E-state index in [-0.39, 0.29) is 6.03 Å². The zero-order valence-electron chi connectivity index (χ0n) is 19.0. The second-order valence-electron chi connectivity index (χ2n) is 8.20. The molecule has 7 heteroatoms. The Morgan fingerprint density at radius 3 is 2.55 bits per heavy atom. The van der Waals surface area contributed by atoms with Gasteiger partial charge in [-0.15, -0.1) is 0 Å². The minimum Gasteiger partial charge on any atom is -0.345 e. The van der Waals surface area contributed by atoms with Crippen molar-refractivity contribution in [2.24, 2.45) is 0 Å². The van der Waals surface area contributed by atoms with Crippen LogP contribution in [-0.2, 0) is 19.3 Å². The van der Waals surface area contributed by atoms with Crippen LogP contribution in [0.4, 0.5) is 23.7 Å². The summed E-state index contributed by atoms with van der Waals surface area (Å²) < 4.78 is 41.1. The van der Waals surface area contributed by atoms with Gasteiger partial charge in [-0.1, -0.05) is 50.1 Å². The molecule has 0 atom stereocenters. The number of urea groups is 1. The number of halogens is 3. The van der Waals surface area contributed by atoms with Gasteiger partial charge in [0.05, 0.1) is 12.1 Å². The van der Waals surface area contributed by atoms with Crippen LogP contribution in [0.25, 0.3) is 0 Å². The molecule has 1 aromatic heterocycles. The van der Waals surface area contributed by atoms with Gasteiger partial charge in [0.2, 0.25) is 0 Å². The lowest BCUT2D eigenvalue weighted by Crippen LogP contribution is -2.36. The number of hydrogen-bond acceptors (Lipinski definition) is 1.